The molecule has 98 valence electrons. The van der Waals surface area contributed by atoms with Crippen molar-refractivity contribution in [3.8, 4) is 6.07 Å². The maximum atomic E-state index is 8.75. The van der Waals surface area contributed by atoms with E-state index in [0.717, 1.165) is 16.4 Å². The van der Waals surface area contributed by atoms with Crippen molar-refractivity contribution in [3.05, 3.63) is 36.0 Å². The lowest BCUT2D eigenvalue weighted by atomic mass is 10.2. The highest BCUT2D eigenvalue weighted by Crippen LogP contribution is 2.22. The molecule has 0 aliphatic carbocycles. The largest absolute Gasteiger partial charge is 0.364 e. The maximum Gasteiger partial charge on any atom is 0.149 e. The topological polar surface area (TPSA) is 90.9 Å². The fourth-order valence-electron chi connectivity index (χ4n) is 1.73. The van der Waals surface area contributed by atoms with Crippen LogP contribution >= 0.6 is 11.5 Å². The average Bonchev–Trinajstić information content (AvgIpc) is 2.91. The molecule has 7 heteroatoms. The van der Waals surface area contributed by atoms with E-state index in [2.05, 4.69) is 26.0 Å². The second-order valence-corrected chi connectivity index (χ2v) is 4.61. The van der Waals surface area contributed by atoms with Crippen LogP contribution in [0.15, 0.2) is 30.3 Å². The number of para-hydroxylation sites is 1. The van der Waals surface area contributed by atoms with Crippen molar-refractivity contribution < 1.29 is 0 Å². The molecule has 2 aromatic rings. The number of benzene rings is 1. The molecule has 0 fully saturated rings. The van der Waals surface area contributed by atoms with Crippen LogP contribution in [0.2, 0.25) is 0 Å². The van der Waals surface area contributed by atoms with Crippen molar-refractivity contribution in [3.63, 3.8) is 0 Å². The lowest BCUT2D eigenvalue weighted by Crippen LogP contribution is -2.24. The van der Waals surface area contributed by atoms with Gasteiger partial charge in [0.1, 0.15) is 10.7 Å². The van der Waals surface area contributed by atoms with E-state index in [1.165, 1.54) is 11.5 Å². The van der Waals surface area contributed by atoms with Crippen LogP contribution < -0.4 is 16.2 Å². The molecule has 0 radical (unpaired) electrons. The Morgan fingerprint density at radius 2 is 2.16 bits per heavy atom. The van der Waals surface area contributed by atoms with Gasteiger partial charge in [0.15, 0.2) is 0 Å². The number of hydrazine groups is 1. The lowest BCUT2D eigenvalue weighted by Gasteiger charge is -2.23. The fourth-order valence-corrected chi connectivity index (χ4v) is 2.21. The minimum absolute atomic E-state index is 0.456. The van der Waals surface area contributed by atoms with E-state index in [9.17, 15) is 0 Å². The van der Waals surface area contributed by atoms with Crippen molar-refractivity contribution in [2.75, 3.05) is 16.9 Å². The molecule has 0 aliphatic heterocycles. The molecule has 2 rings (SSSR count). The Balaban J connectivity index is 2.17. The van der Waals surface area contributed by atoms with E-state index >= 15 is 0 Å². The highest BCUT2D eigenvalue weighted by Gasteiger charge is 2.12. The van der Waals surface area contributed by atoms with Crippen molar-refractivity contribution in [1.82, 2.24) is 9.59 Å². The molecule has 1 aromatic carbocycles. The predicted molar refractivity (Wildman–Crippen MR) is 75.4 cm³/mol. The van der Waals surface area contributed by atoms with Gasteiger partial charge in [0, 0.05) is 23.8 Å². The van der Waals surface area contributed by atoms with Crippen molar-refractivity contribution in [2.45, 2.75) is 13.0 Å². The summed E-state index contributed by atoms with van der Waals surface area (Å²) in [6.45, 7) is 1.21. The highest BCUT2D eigenvalue weighted by molar-refractivity contribution is 7.10. The molecule has 6 nitrogen and oxygen atoms in total. The summed E-state index contributed by atoms with van der Waals surface area (Å²) in [5.41, 5.74) is 4.43. The first-order valence-corrected chi connectivity index (χ1v) is 6.57. The van der Waals surface area contributed by atoms with E-state index in [4.69, 9.17) is 11.1 Å². The van der Waals surface area contributed by atoms with Gasteiger partial charge < -0.3 is 10.3 Å². The Morgan fingerprint density at radius 3 is 2.84 bits per heavy atom. The monoisotopic (exact) mass is 274 g/mol. The number of nitriles is 1. The molecule has 19 heavy (non-hydrogen) atoms. The standard InChI is InChI=1S/C12H14N6S/c13-7-4-8-18(10-5-2-1-3-6-10)9-11-12(15-14)19-17-16-11/h1-3,5-6,15H,4,8-9,14H2. The molecule has 3 N–H and O–H groups in total. The zero-order valence-corrected chi connectivity index (χ0v) is 11.1. The summed E-state index contributed by atoms with van der Waals surface area (Å²) in [6.07, 6.45) is 0.456. The van der Waals surface area contributed by atoms with Gasteiger partial charge in [-0.1, -0.05) is 22.7 Å². The first kappa shape index (κ1) is 13.3. The van der Waals surface area contributed by atoms with Crippen LogP contribution in [0.1, 0.15) is 12.1 Å². The fraction of sp³-hybridized carbons (Fsp3) is 0.250. The van der Waals surface area contributed by atoms with Gasteiger partial charge in [-0.25, -0.2) is 5.84 Å². The van der Waals surface area contributed by atoms with Gasteiger partial charge in [-0.3, -0.25) is 0 Å². The van der Waals surface area contributed by atoms with Crippen LogP contribution in [-0.4, -0.2) is 16.1 Å². The number of rotatable bonds is 6. The van der Waals surface area contributed by atoms with Crippen molar-refractivity contribution >= 4 is 22.2 Å². The number of nitrogens with zero attached hydrogens (tertiary/aromatic N) is 4. The molecule has 1 aromatic heterocycles. The Labute approximate surface area is 115 Å². The van der Waals surface area contributed by atoms with Crippen LogP contribution in [0.5, 0.6) is 0 Å². The first-order valence-electron chi connectivity index (χ1n) is 5.80. The Kier molecular flexibility index (Phi) is 4.66. The third kappa shape index (κ3) is 3.40. The molecule has 1 heterocycles. The molecule has 0 bridgehead atoms. The van der Waals surface area contributed by atoms with E-state index in [1.54, 1.807) is 0 Å². The Bertz CT molecular complexity index is 547. The summed E-state index contributed by atoms with van der Waals surface area (Å²) in [5, 5.41) is 13.6. The summed E-state index contributed by atoms with van der Waals surface area (Å²) in [5.74, 6) is 5.42. The summed E-state index contributed by atoms with van der Waals surface area (Å²) in [7, 11) is 0. The third-order valence-corrected chi connectivity index (χ3v) is 3.34. The molecule has 0 saturated carbocycles. The summed E-state index contributed by atoms with van der Waals surface area (Å²) >= 11 is 1.22. The average molecular weight is 274 g/mol. The second-order valence-electron chi connectivity index (χ2n) is 3.86. The number of hydrogen-bond donors (Lipinski definition) is 2. The van der Waals surface area contributed by atoms with Crippen LogP contribution in [-0.2, 0) is 6.54 Å². The van der Waals surface area contributed by atoms with Gasteiger partial charge in [0.2, 0.25) is 0 Å². The van der Waals surface area contributed by atoms with E-state index < -0.39 is 0 Å². The van der Waals surface area contributed by atoms with Crippen molar-refractivity contribution in [1.29, 1.82) is 5.26 Å². The molecule has 0 aliphatic rings. The van der Waals surface area contributed by atoms with Crippen LogP contribution in [0, 0.1) is 11.3 Å². The molecule has 0 amide bonds. The number of nitrogens with one attached hydrogen (secondary N) is 1. The van der Waals surface area contributed by atoms with Crippen LogP contribution in [0.3, 0.4) is 0 Å². The molecular formula is C12H14N6S. The summed E-state index contributed by atoms with van der Waals surface area (Å²) in [4.78, 5) is 2.08. The lowest BCUT2D eigenvalue weighted by molar-refractivity contribution is 0.777. The van der Waals surface area contributed by atoms with Crippen LogP contribution in [0.25, 0.3) is 0 Å². The second kappa shape index (κ2) is 6.68. The molecule has 0 atom stereocenters. The third-order valence-electron chi connectivity index (χ3n) is 2.64. The van der Waals surface area contributed by atoms with Crippen molar-refractivity contribution in [2.24, 2.45) is 5.84 Å². The first-order chi connectivity index (χ1) is 9.35. The minimum atomic E-state index is 0.456. The highest BCUT2D eigenvalue weighted by atomic mass is 32.1. The minimum Gasteiger partial charge on any atom is -0.364 e. The zero-order chi connectivity index (χ0) is 13.5. The van der Waals surface area contributed by atoms with Gasteiger partial charge in [0.05, 0.1) is 19.0 Å². The number of nitrogen functional groups attached to an aromatic ring is 1. The predicted octanol–water partition coefficient (Wildman–Crippen LogP) is 1.74. The maximum absolute atomic E-state index is 8.75. The summed E-state index contributed by atoms with van der Waals surface area (Å²) in [6, 6.07) is 12.1. The van der Waals surface area contributed by atoms with Gasteiger partial charge in [-0.15, -0.1) is 5.10 Å². The number of nitrogens with two attached hydrogens (primary N) is 1. The zero-order valence-electron chi connectivity index (χ0n) is 10.3. The van der Waals surface area contributed by atoms with Gasteiger partial charge in [0.25, 0.3) is 0 Å². The molecule has 0 spiro atoms. The quantitative estimate of drug-likeness (QED) is 0.616. The van der Waals surface area contributed by atoms with Gasteiger partial charge in [-0.05, 0) is 12.1 Å². The number of anilines is 2. The smallest absolute Gasteiger partial charge is 0.149 e. The SMILES string of the molecule is N#CCCN(Cc1nnsc1NN)c1ccccc1. The van der Waals surface area contributed by atoms with E-state index in [0.29, 0.717) is 19.5 Å². The molecular weight excluding hydrogens is 260 g/mol. The summed E-state index contributed by atoms with van der Waals surface area (Å²) < 4.78 is 3.88. The number of aromatic nitrogens is 2. The normalized spacial score (nSPS) is 9.89. The van der Waals surface area contributed by atoms with E-state index in [1.807, 2.05) is 30.3 Å². The molecule has 0 unspecified atom stereocenters. The Morgan fingerprint density at radius 1 is 1.37 bits per heavy atom. The number of hydrogen-bond acceptors (Lipinski definition) is 7. The molecule has 0 saturated heterocycles. The Hall–Kier alpha value is -2.17. The van der Waals surface area contributed by atoms with Crippen LogP contribution in [0.4, 0.5) is 10.7 Å². The van der Waals surface area contributed by atoms with Gasteiger partial charge >= 0.3 is 0 Å². The van der Waals surface area contributed by atoms with Gasteiger partial charge in [-0.2, -0.15) is 5.26 Å². The van der Waals surface area contributed by atoms with E-state index in [-0.39, 0.29) is 0 Å².